The zero-order valence-electron chi connectivity index (χ0n) is 10.9. The third-order valence-electron chi connectivity index (χ3n) is 5.75. The predicted molar refractivity (Wildman–Crippen MR) is 71.9 cm³/mol. The van der Waals surface area contributed by atoms with Gasteiger partial charge in [0.25, 0.3) is 0 Å². The van der Waals surface area contributed by atoms with E-state index in [1.54, 1.807) is 0 Å². The molecule has 3 aliphatic carbocycles. The first-order valence-electron chi connectivity index (χ1n) is 7.54. The molecule has 3 fully saturated rings. The first-order valence-corrected chi connectivity index (χ1v) is 7.54. The molecule has 3 saturated carbocycles. The summed E-state index contributed by atoms with van der Waals surface area (Å²) in [6.07, 6.45) is 11.3. The molecule has 0 radical (unpaired) electrons. The molecule has 3 aliphatic rings. The number of fused-ring (bicyclic) bond motifs is 5. The van der Waals surface area contributed by atoms with Crippen molar-refractivity contribution in [3.8, 4) is 0 Å². The highest BCUT2D eigenvalue weighted by Gasteiger charge is 2.53. The van der Waals surface area contributed by atoms with Crippen molar-refractivity contribution in [2.75, 3.05) is 0 Å². The number of hydrogen-bond donors (Lipinski definition) is 1. The Morgan fingerprint density at radius 2 is 1.89 bits per heavy atom. The predicted octanol–water partition coefficient (Wildman–Crippen LogP) is 3.00. The Balaban J connectivity index is 1.40. The SMILES string of the molecule is c1cc(CNC2CC3CC2C2CCCC32)ccn1. The van der Waals surface area contributed by atoms with Gasteiger partial charge in [-0.15, -0.1) is 0 Å². The van der Waals surface area contributed by atoms with E-state index >= 15 is 0 Å². The number of aromatic nitrogens is 1. The number of pyridine rings is 1. The summed E-state index contributed by atoms with van der Waals surface area (Å²) in [4.78, 5) is 4.08. The van der Waals surface area contributed by atoms with Crippen LogP contribution in [0.4, 0.5) is 0 Å². The molecular formula is C16H22N2. The lowest BCUT2D eigenvalue weighted by molar-refractivity contribution is 0.208. The molecule has 1 aromatic rings. The molecule has 5 unspecified atom stereocenters. The maximum atomic E-state index is 4.08. The van der Waals surface area contributed by atoms with E-state index in [1.807, 2.05) is 12.4 Å². The van der Waals surface area contributed by atoms with Gasteiger partial charge in [-0.1, -0.05) is 6.42 Å². The zero-order valence-corrected chi connectivity index (χ0v) is 10.9. The summed E-state index contributed by atoms with van der Waals surface area (Å²) in [7, 11) is 0. The molecule has 2 heteroatoms. The summed E-state index contributed by atoms with van der Waals surface area (Å²) < 4.78 is 0. The van der Waals surface area contributed by atoms with Crippen molar-refractivity contribution in [2.24, 2.45) is 23.7 Å². The van der Waals surface area contributed by atoms with Crippen LogP contribution in [0, 0.1) is 23.7 Å². The Morgan fingerprint density at radius 3 is 2.78 bits per heavy atom. The monoisotopic (exact) mass is 242 g/mol. The van der Waals surface area contributed by atoms with Crippen molar-refractivity contribution >= 4 is 0 Å². The van der Waals surface area contributed by atoms with E-state index in [1.165, 1.54) is 37.7 Å². The number of rotatable bonds is 3. The Morgan fingerprint density at radius 1 is 1.06 bits per heavy atom. The fourth-order valence-corrected chi connectivity index (χ4v) is 5.05. The molecule has 0 saturated heterocycles. The molecule has 5 atom stereocenters. The van der Waals surface area contributed by atoms with Crippen LogP contribution in [0.15, 0.2) is 24.5 Å². The van der Waals surface area contributed by atoms with Gasteiger partial charge in [0.1, 0.15) is 0 Å². The van der Waals surface area contributed by atoms with Crippen molar-refractivity contribution in [1.29, 1.82) is 0 Å². The number of nitrogens with zero attached hydrogens (tertiary/aromatic N) is 1. The molecule has 0 aromatic carbocycles. The molecule has 1 N–H and O–H groups in total. The molecule has 18 heavy (non-hydrogen) atoms. The van der Waals surface area contributed by atoms with E-state index < -0.39 is 0 Å². The molecule has 1 heterocycles. The van der Waals surface area contributed by atoms with E-state index in [9.17, 15) is 0 Å². The summed E-state index contributed by atoms with van der Waals surface area (Å²) in [5, 5.41) is 3.81. The topological polar surface area (TPSA) is 24.9 Å². The highest BCUT2D eigenvalue weighted by molar-refractivity contribution is 5.11. The smallest absolute Gasteiger partial charge is 0.0271 e. The molecule has 2 bridgehead atoms. The van der Waals surface area contributed by atoms with E-state index in [-0.39, 0.29) is 0 Å². The Kier molecular flexibility index (Phi) is 2.65. The lowest BCUT2D eigenvalue weighted by Gasteiger charge is -2.32. The number of nitrogens with one attached hydrogen (secondary N) is 1. The van der Waals surface area contributed by atoms with Crippen molar-refractivity contribution < 1.29 is 0 Å². The second kappa shape index (κ2) is 4.34. The van der Waals surface area contributed by atoms with Gasteiger partial charge in [0.15, 0.2) is 0 Å². The van der Waals surface area contributed by atoms with Gasteiger partial charge in [-0.3, -0.25) is 4.98 Å². The normalized spacial score (nSPS) is 41.2. The minimum Gasteiger partial charge on any atom is -0.310 e. The molecular weight excluding hydrogens is 220 g/mol. The minimum atomic E-state index is 0.794. The lowest BCUT2D eigenvalue weighted by atomic mass is 9.79. The molecule has 4 rings (SSSR count). The van der Waals surface area contributed by atoms with E-state index in [2.05, 4.69) is 22.4 Å². The van der Waals surface area contributed by atoms with Gasteiger partial charge in [0.2, 0.25) is 0 Å². The summed E-state index contributed by atoms with van der Waals surface area (Å²) in [5.74, 6) is 4.22. The van der Waals surface area contributed by atoms with Gasteiger partial charge in [-0.2, -0.15) is 0 Å². The second-order valence-electron chi connectivity index (χ2n) is 6.50. The lowest BCUT2D eigenvalue weighted by Crippen LogP contribution is -2.38. The van der Waals surface area contributed by atoms with Crippen molar-refractivity contribution in [3.05, 3.63) is 30.1 Å². The van der Waals surface area contributed by atoms with Crippen molar-refractivity contribution in [3.63, 3.8) is 0 Å². The fourth-order valence-electron chi connectivity index (χ4n) is 5.05. The summed E-state index contributed by atoms with van der Waals surface area (Å²) in [6, 6.07) is 5.04. The van der Waals surface area contributed by atoms with Crippen LogP contribution in [0.3, 0.4) is 0 Å². The van der Waals surface area contributed by atoms with Gasteiger partial charge >= 0.3 is 0 Å². The highest BCUT2D eigenvalue weighted by atomic mass is 14.9. The largest absolute Gasteiger partial charge is 0.310 e. The molecule has 96 valence electrons. The van der Waals surface area contributed by atoms with Crippen LogP contribution < -0.4 is 5.32 Å². The third kappa shape index (κ3) is 1.70. The maximum Gasteiger partial charge on any atom is 0.0271 e. The van der Waals surface area contributed by atoms with Crippen LogP contribution in [-0.4, -0.2) is 11.0 Å². The minimum absolute atomic E-state index is 0.794. The van der Waals surface area contributed by atoms with Crippen LogP contribution >= 0.6 is 0 Å². The highest BCUT2D eigenvalue weighted by Crippen LogP contribution is 2.58. The molecule has 0 aliphatic heterocycles. The summed E-state index contributed by atoms with van der Waals surface area (Å²) >= 11 is 0. The summed E-state index contributed by atoms with van der Waals surface area (Å²) in [5.41, 5.74) is 1.37. The van der Waals surface area contributed by atoms with Crippen LogP contribution in [0.5, 0.6) is 0 Å². The van der Waals surface area contributed by atoms with E-state index in [0.29, 0.717) is 0 Å². The first-order chi connectivity index (χ1) is 8.92. The average molecular weight is 242 g/mol. The van der Waals surface area contributed by atoms with Crippen molar-refractivity contribution in [2.45, 2.75) is 44.7 Å². The van der Waals surface area contributed by atoms with Gasteiger partial charge < -0.3 is 5.32 Å². The van der Waals surface area contributed by atoms with Gasteiger partial charge in [0.05, 0.1) is 0 Å². The van der Waals surface area contributed by atoms with E-state index in [4.69, 9.17) is 0 Å². The van der Waals surface area contributed by atoms with E-state index in [0.717, 1.165) is 36.3 Å². The van der Waals surface area contributed by atoms with Gasteiger partial charge in [-0.05, 0) is 67.1 Å². The Hall–Kier alpha value is -0.890. The first kappa shape index (κ1) is 11.0. The fraction of sp³-hybridized carbons (Fsp3) is 0.688. The molecule has 2 nitrogen and oxygen atoms in total. The quantitative estimate of drug-likeness (QED) is 0.881. The van der Waals surface area contributed by atoms with Crippen LogP contribution in [0.25, 0.3) is 0 Å². The number of hydrogen-bond acceptors (Lipinski definition) is 2. The summed E-state index contributed by atoms with van der Waals surface area (Å²) in [6.45, 7) is 1.02. The van der Waals surface area contributed by atoms with Crippen molar-refractivity contribution in [1.82, 2.24) is 10.3 Å². The Labute approximate surface area is 109 Å². The van der Waals surface area contributed by atoms with Crippen LogP contribution in [0.2, 0.25) is 0 Å². The Bertz CT molecular complexity index is 416. The molecule has 0 spiro atoms. The molecule has 0 amide bonds. The van der Waals surface area contributed by atoms with Gasteiger partial charge in [0, 0.05) is 25.0 Å². The molecule has 1 aromatic heterocycles. The third-order valence-corrected chi connectivity index (χ3v) is 5.75. The van der Waals surface area contributed by atoms with Crippen LogP contribution in [-0.2, 0) is 6.54 Å². The van der Waals surface area contributed by atoms with Gasteiger partial charge in [-0.25, -0.2) is 0 Å². The standard InChI is InChI=1S/C16H22N2/c1-2-13-12-8-15(14(13)3-1)16(9-12)18-10-11-4-6-17-7-5-11/h4-7,12-16,18H,1-3,8-10H2. The average Bonchev–Trinajstić information content (AvgIpc) is 3.09. The second-order valence-corrected chi connectivity index (χ2v) is 6.50. The maximum absolute atomic E-state index is 4.08. The zero-order chi connectivity index (χ0) is 11.9. The van der Waals surface area contributed by atoms with Crippen LogP contribution in [0.1, 0.15) is 37.7 Å².